The topological polar surface area (TPSA) is 78.6 Å². The number of carboxylic acids is 1. The maximum Gasteiger partial charge on any atom is 0.356 e. The summed E-state index contributed by atoms with van der Waals surface area (Å²) in [6, 6.07) is 0. The maximum atomic E-state index is 10.9. The van der Waals surface area contributed by atoms with Crippen LogP contribution >= 0.6 is 0 Å². The smallest absolute Gasteiger partial charge is 0.356 e. The van der Waals surface area contributed by atoms with E-state index in [0.717, 1.165) is 0 Å². The molecule has 0 radical (unpaired) electrons. The highest BCUT2D eigenvalue weighted by molar-refractivity contribution is 5.86. The van der Waals surface area contributed by atoms with Crippen molar-refractivity contribution in [2.24, 2.45) is 7.05 Å². The van der Waals surface area contributed by atoms with Gasteiger partial charge in [0.1, 0.15) is 0 Å². The van der Waals surface area contributed by atoms with E-state index >= 15 is 0 Å². The van der Waals surface area contributed by atoms with E-state index in [4.69, 9.17) is 5.11 Å². The molecule has 0 aliphatic heterocycles. The molecule has 0 aliphatic carbocycles. The molecule has 1 heterocycles. The number of aliphatic hydroxyl groups is 1. The average molecular weight is 227 g/mol. The van der Waals surface area contributed by atoms with E-state index in [1.807, 2.05) is 11.9 Å². The number of aliphatic hydroxyl groups excluding tert-OH is 1. The zero-order valence-electron chi connectivity index (χ0n) is 9.71. The standard InChI is InChI=1S/C10H17N3O3/c1-7(14)4-12(2)5-8-6-13(3)11-9(8)10(15)16/h6-7,14H,4-5H2,1-3H3,(H,15,16). The third kappa shape index (κ3) is 3.32. The molecular formula is C10H17N3O3. The summed E-state index contributed by atoms with van der Waals surface area (Å²) in [5, 5.41) is 22.0. The fourth-order valence-corrected chi connectivity index (χ4v) is 1.64. The van der Waals surface area contributed by atoms with Gasteiger partial charge in [-0.3, -0.25) is 9.58 Å². The number of aryl methyl sites for hydroxylation is 1. The van der Waals surface area contributed by atoms with Gasteiger partial charge in [-0.15, -0.1) is 0 Å². The van der Waals surface area contributed by atoms with Gasteiger partial charge in [0, 0.05) is 31.9 Å². The molecule has 0 aromatic carbocycles. The van der Waals surface area contributed by atoms with Crippen molar-refractivity contribution in [1.29, 1.82) is 0 Å². The van der Waals surface area contributed by atoms with Gasteiger partial charge in [0.15, 0.2) is 5.69 Å². The molecule has 0 bridgehead atoms. The lowest BCUT2D eigenvalue weighted by Crippen LogP contribution is -2.27. The lowest BCUT2D eigenvalue weighted by molar-refractivity contribution is 0.0687. The molecule has 1 unspecified atom stereocenters. The first-order valence-electron chi connectivity index (χ1n) is 5.02. The minimum atomic E-state index is -1.03. The van der Waals surface area contributed by atoms with E-state index in [0.29, 0.717) is 18.7 Å². The molecule has 16 heavy (non-hydrogen) atoms. The van der Waals surface area contributed by atoms with Crippen LogP contribution in [0.2, 0.25) is 0 Å². The van der Waals surface area contributed by atoms with Gasteiger partial charge in [-0.25, -0.2) is 4.79 Å². The summed E-state index contributed by atoms with van der Waals surface area (Å²) in [5.74, 6) is -1.03. The van der Waals surface area contributed by atoms with Crippen LogP contribution < -0.4 is 0 Å². The molecule has 0 aliphatic rings. The van der Waals surface area contributed by atoms with E-state index in [1.54, 1.807) is 20.2 Å². The molecule has 0 saturated heterocycles. The largest absolute Gasteiger partial charge is 0.476 e. The Morgan fingerprint density at radius 1 is 1.69 bits per heavy atom. The Labute approximate surface area is 94.1 Å². The molecule has 1 aromatic rings. The van der Waals surface area contributed by atoms with E-state index in [-0.39, 0.29) is 5.69 Å². The van der Waals surface area contributed by atoms with Gasteiger partial charge >= 0.3 is 5.97 Å². The lowest BCUT2D eigenvalue weighted by Gasteiger charge is -2.17. The minimum Gasteiger partial charge on any atom is -0.476 e. The number of likely N-dealkylation sites (N-methyl/N-ethyl adjacent to an activating group) is 1. The molecular weight excluding hydrogens is 210 g/mol. The van der Waals surface area contributed by atoms with Crippen LogP contribution in [0, 0.1) is 0 Å². The predicted octanol–water partition coefficient (Wildman–Crippen LogP) is -0.0691. The van der Waals surface area contributed by atoms with Crippen LogP contribution in [0.1, 0.15) is 23.0 Å². The van der Waals surface area contributed by atoms with E-state index in [2.05, 4.69) is 5.10 Å². The van der Waals surface area contributed by atoms with Crippen LogP contribution in [0.5, 0.6) is 0 Å². The Bertz CT molecular complexity index is 373. The fourth-order valence-electron chi connectivity index (χ4n) is 1.64. The highest BCUT2D eigenvalue weighted by atomic mass is 16.4. The van der Waals surface area contributed by atoms with Crippen LogP contribution in [0.3, 0.4) is 0 Å². The van der Waals surface area contributed by atoms with Crippen molar-refractivity contribution in [3.63, 3.8) is 0 Å². The van der Waals surface area contributed by atoms with Crippen LogP contribution in [0.15, 0.2) is 6.20 Å². The monoisotopic (exact) mass is 227 g/mol. The highest BCUT2D eigenvalue weighted by Gasteiger charge is 2.16. The zero-order valence-corrected chi connectivity index (χ0v) is 9.71. The third-order valence-corrected chi connectivity index (χ3v) is 2.12. The van der Waals surface area contributed by atoms with Gasteiger partial charge in [-0.05, 0) is 14.0 Å². The molecule has 0 amide bonds. The number of hydrogen-bond acceptors (Lipinski definition) is 4. The lowest BCUT2D eigenvalue weighted by atomic mass is 10.2. The molecule has 1 rings (SSSR count). The molecule has 0 spiro atoms. The third-order valence-electron chi connectivity index (χ3n) is 2.12. The predicted molar refractivity (Wildman–Crippen MR) is 58.2 cm³/mol. The molecule has 1 atom stereocenters. The van der Waals surface area contributed by atoms with Gasteiger partial charge in [0.05, 0.1) is 6.10 Å². The number of carbonyl (C=O) groups is 1. The summed E-state index contributed by atoms with van der Waals surface area (Å²) in [7, 11) is 3.51. The highest BCUT2D eigenvalue weighted by Crippen LogP contribution is 2.09. The number of rotatable bonds is 5. The van der Waals surface area contributed by atoms with Gasteiger partial charge in [-0.2, -0.15) is 5.10 Å². The molecule has 6 nitrogen and oxygen atoms in total. The number of hydrogen-bond donors (Lipinski definition) is 2. The Hall–Kier alpha value is -1.40. The first-order valence-corrected chi connectivity index (χ1v) is 5.02. The maximum absolute atomic E-state index is 10.9. The summed E-state index contributed by atoms with van der Waals surface area (Å²) in [5.41, 5.74) is 0.720. The molecule has 1 aromatic heterocycles. The van der Waals surface area contributed by atoms with Crippen molar-refractivity contribution in [3.05, 3.63) is 17.5 Å². The SMILES string of the molecule is CC(O)CN(C)Cc1cn(C)nc1C(=O)O. The van der Waals surface area contributed by atoms with Gasteiger partial charge < -0.3 is 10.2 Å². The summed E-state index contributed by atoms with van der Waals surface area (Å²) in [4.78, 5) is 12.8. The van der Waals surface area contributed by atoms with Crippen molar-refractivity contribution in [1.82, 2.24) is 14.7 Å². The molecule has 90 valence electrons. The molecule has 2 N–H and O–H groups in total. The van der Waals surface area contributed by atoms with Crippen LogP contribution in [-0.2, 0) is 13.6 Å². The summed E-state index contributed by atoms with van der Waals surface area (Å²) >= 11 is 0. The zero-order chi connectivity index (χ0) is 12.3. The summed E-state index contributed by atoms with van der Waals surface area (Å²) in [6.45, 7) is 2.65. The molecule has 0 fully saturated rings. The first-order chi connectivity index (χ1) is 7.40. The van der Waals surface area contributed by atoms with Crippen molar-refractivity contribution >= 4 is 5.97 Å². The number of carboxylic acid groups (broad SMARTS) is 1. The van der Waals surface area contributed by atoms with Crippen LogP contribution in [0.25, 0.3) is 0 Å². The van der Waals surface area contributed by atoms with Gasteiger partial charge in [0.2, 0.25) is 0 Å². The summed E-state index contributed by atoms with van der Waals surface area (Å²) < 4.78 is 1.48. The Morgan fingerprint density at radius 3 is 2.81 bits per heavy atom. The van der Waals surface area contributed by atoms with Crippen molar-refractivity contribution in [2.75, 3.05) is 13.6 Å². The Balaban J connectivity index is 2.76. The Morgan fingerprint density at radius 2 is 2.31 bits per heavy atom. The van der Waals surface area contributed by atoms with E-state index in [1.165, 1.54) is 4.68 Å². The fraction of sp³-hybridized carbons (Fsp3) is 0.600. The van der Waals surface area contributed by atoms with Gasteiger partial charge in [0.25, 0.3) is 0 Å². The number of aromatic nitrogens is 2. The quantitative estimate of drug-likeness (QED) is 0.736. The minimum absolute atomic E-state index is 0.0694. The second-order valence-corrected chi connectivity index (χ2v) is 4.03. The second kappa shape index (κ2) is 5.09. The van der Waals surface area contributed by atoms with Crippen LogP contribution in [0.4, 0.5) is 0 Å². The first kappa shape index (κ1) is 12.7. The number of nitrogens with zero attached hydrogens (tertiary/aromatic N) is 3. The van der Waals surface area contributed by atoms with Crippen molar-refractivity contribution < 1.29 is 15.0 Å². The summed E-state index contributed by atoms with van der Waals surface area (Å²) in [6.07, 6.45) is 1.25. The van der Waals surface area contributed by atoms with E-state index in [9.17, 15) is 9.90 Å². The van der Waals surface area contributed by atoms with Crippen molar-refractivity contribution in [2.45, 2.75) is 19.6 Å². The Kier molecular flexibility index (Phi) is 4.03. The van der Waals surface area contributed by atoms with Crippen LogP contribution in [-0.4, -0.2) is 50.6 Å². The van der Waals surface area contributed by atoms with Gasteiger partial charge in [-0.1, -0.05) is 0 Å². The molecule has 0 saturated carbocycles. The normalized spacial score (nSPS) is 13.1. The number of aromatic carboxylic acids is 1. The van der Waals surface area contributed by atoms with E-state index < -0.39 is 12.1 Å². The van der Waals surface area contributed by atoms with Crippen molar-refractivity contribution in [3.8, 4) is 0 Å². The average Bonchev–Trinajstić information content (AvgIpc) is 2.44. The second-order valence-electron chi connectivity index (χ2n) is 4.03. The molecule has 6 heteroatoms.